The maximum absolute atomic E-state index is 13.2. The lowest BCUT2D eigenvalue weighted by atomic mass is 9.75. The van der Waals surface area contributed by atoms with Crippen molar-refractivity contribution in [3.63, 3.8) is 0 Å². The number of hydrogen-bond donors (Lipinski definition) is 1. The van der Waals surface area contributed by atoms with Crippen molar-refractivity contribution < 1.29 is 9.59 Å². The fourth-order valence-corrected chi connectivity index (χ4v) is 3.50. The monoisotopic (exact) mass is 364 g/mol. The second-order valence-electron chi connectivity index (χ2n) is 7.83. The van der Waals surface area contributed by atoms with Crippen LogP contribution in [0.15, 0.2) is 47.8 Å². The van der Waals surface area contributed by atoms with E-state index in [9.17, 15) is 14.4 Å². The van der Waals surface area contributed by atoms with Gasteiger partial charge < -0.3 is 5.32 Å². The van der Waals surface area contributed by atoms with Gasteiger partial charge in [-0.2, -0.15) is 0 Å². The average molecular weight is 364 g/mol. The van der Waals surface area contributed by atoms with Crippen LogP contribution in [0.1, 0.15) is 52.2 Å². The lowest BCUT2D eigenvalue weighted by Crippen LogP contribution is -2.38. The minimum Gasteiger partial charge on any atom is -0.348 e. The molecule has 1 N–H and O–H groups in total. The second kappa shape index (κ2) is 6.99. The number of rotatable bonds is 4. The Balaban J connectivity index is 2.28. The fourth-order valence-electron chi connectivity index (χ4n) is 3.50. The normalized spacial score (nSPS) is 15.1. The van der Waals surface area contributed by atoms with E-state index in [0.29, 0.717) is 29.8 Å². The first-order valence-electron chi connectivity index (χ1n) is 9.02. The van der Waals surface area contributed by atoms with Gasteiger partial charge in [0.2, 0.25) is 0 Å². The van der Waals surface area contributed by atoms with Crippen LogP contribution in [0.2, 0.25) is 0 Å². The number of fused-ring (bicyclic) bond motifs is 1. The van der Waals surface area contributed by atoms with Gasteiger partial charge in [-0.3, -0.25) is 19.0 Å². The zero-order chi connectivity index (χ0) is 19.8. The summed E-state index contributed by atoms with van der Waals surface area (Å²) in [5.41, 5.74) is 2.18. The zero-order valence-corrected chi connectivity index (χ0v) is 16.0. The van der Waals surface area contributed by atoms with E-state index in [1.54, 1.807) is 6.08 Å². The van der Waals surface area contributed by atoms with Crippen LogP contribution in [0.3, 0.4) is 0 Å². The van der Waals surface area contributed by atoms with Crippen LogP contribution in [-0.2, 0) is 6.42 Å². The van der Waals surface area contributed by atoms with Gasteiger partial charge in [0.15, 0.2) is 5.78 Å². The SMILES string of the molecule is C=CCNC(=O)c1cc2c(n(-c3ccc(C)cc3)c1=O)CC(C)(C)CC2=O. The van der Waals surface area contributed by atoms with Crippen molar-refractivity contribution in [2.45, 2.75) is 33.6 Å². The van der Waals surface area contributed by atoms with Crippen molar-refractivity contribution in [2.24, 2.45) is 5.41 Å². The minimum absolute atomic E-state index is 0.0239. The van der Waals surface area contributed by atoms with Crippen LogP contribution >= 0.6 is 0 Å². The molecule has 1 aromatic carbocycles. The zero-order valence-electron chi connectivity index (χ0n) is 16.0. The van der Waals surface area contributed by atoms with Crippen molar-refractivity contribution >= 4 is 11.7 Å². The first-order chi connectivity index (χ1) is 12.7. The largest absolute Gasteiger partial charge is 0.348 e. The van der Waals surface area contributed by atoms with E-state index in [0.717, 1.165) is 5.56 Å². The molecule has 0 radical (unpaired) electrons. The molecule has 1 aliphatic carbocycles. The van der Waals surface area contributed by atoms with E-state index in [2.05, 4.69) is 11.9 Å². The summed E-state index contributed by atoms with van der Waals surface area (Å²) in [6.07, 6.45) is 2.52. The molecular weight excluding hydrogens is 340 g/mol. The molecule has 0 spiro atoms. The van der Waals surface area contributed by atoms with E-state index in [1.807, 2.05) is 45.0 Å². The molecule has 0 bridgehead atoms. The van der Waals surface area contributed by atoms with Crippen LogP contribution < -0.4 is 10.9 Å². The lowest BCUT2D eigenvalue weighted by Gasteiger charge is -2.32. The van der Waals surface area contributed by atoms with E-state index in [4.69, 9.17) is 0 Å². The topological polar surface area (TPSA) is 68.2 Å². The Hall–Kier alpha value is -2.95. The molecule has 5 nitrogen and oxygen atoms in total. The molecule has 1 aromatic heterocycles. The van der Waals surface area contributed by atoms with Crippen molar-refractivity contribution in [3.05, 3.63) is 75.7 Å². The predicted octanol–water partition coefficient (Wildman–Crippen LogP) is 3.22. The number of pyridine rings is 1. The van der Waals surface area contributed by atoms with Gasteiger partial charge in [-0.25, -0.2) is 0 Å². The van der Waals surface area contributed by atoms with Gasteiger partial charge in [-0.15, -0.1) is 6.58 Å². The summed E-state index contributed by atoms with van der Waals surface area (Å²) in [6, 6.07) is 8.96. The molecule has 0 aliphatic heterocycles. The highest BCUT2D eigenvalue weighted by atomic mass is 16.2. The Labute approximate surface area is 158 Å². The smallest absolute Gasteiger partial charge is 0.268 e. The Morgan fingerprint density at radius 1 is 1.22 bits per heavy atom. The Kier molecular flexibility index (Phi) is 4.87. The van der Waals surface area contributed by atoms with Crippen molar-refractivity contribution in [1.29, 1.82) is 0 Å². The van der Waals surface area contributed by atoms with Gasteiger partial charge in [0.1, 0.15) is 5.56 Å². The molecular formula is C22H24N2O3. The van der Waals surface area contributed by atoms with Crippen LogP contribution in [0.4, 0.5) is 0 Å². The number of nitrogens with zero attached hydrogens (tertiary/aromatic N) is 1. The summed E-state index contributed by atoms with van der Waals surface area (Å²) in [5, 5.41) is 2.63. The summed E-state index contributed by atoms with van der Waals surface area (Å²) in [6.45, 7) is 9.82. The summed E-state index contributed by atoms with van der Waals surface area (Å²) in [4.78, 5) is 38.5. The Morgan fingerprint density at radius 3 is 2.52 bits per heavy atom. The number of carbonyl (C=O) groups excluding carboxylic acids is 2. The number of aromatic nitrogens is 1. The number of carbonyl (C=O) groups is 2. The molecule has 3 rings (SSSR count). The molecule has 0 saturated heterocycles. The number of benzene rings is 1. The highest BCUT2D eigenvalue weighted by molar-refractivity contribution is 6.02. The van der Waals surface area contributed by atoms with E-state index in [1.165, 1.54) is 10.6 Å². The van der Waals surface area contributed by atoms with Crippen LogP contribution in [-0.4, -0.2) is 22.8 Å². The summed E-state index contributed by atoms with van der Waals surface area (Å²) >= 11 is 0. The number of nitrogens with one attached hydrogen (secondary N) is 1. The minimum atomic E-state index is -0.499. The number of hydrogen-bond acceptors (Lipinski definition) is 3. The van der Waals surface area contributed by atoms with Crippen molar-refractivity contribution in [3.8, 4) is 5.69 Å². The molecule has 0 unspecified atom stereocenters. The number of Topliss-reactive ketones (excluding diaryl/α,β-unsaturated/α-hetero) is 1. The molecule has 1 heterocycles. The Bertz CT molecular complexity index is 982. The predicted molar refractivity (Wildman–Crippen MR) is 106 cm³/mol. The third-order valence-electron chi connectivity index (χ3n) is 4.83. The van der Waals surface area contributed by atoms with E-state index >= 15 is 0 Å². The average Bonchev–Trinajstić information content (AvgIpc) is 2.59. The van der Waals surface area contributed by atoms with Crippen LogP contribution in [0.25, 0.3) is 5.69 Å². The van der Waals surface area contributed by atoms with Crippen LogP contribution in [0, 0.1) is 12.3 Å². The fraction of sp³-hybridized carbons (Fsp3) is 0.318. The van der Waals surface area contributed by atoms with Crippen molar-refractivity contribution in [1.82, 2.24) is 9.88 Å². The van der Waals surface area contributed by atoms with Crippen molar-refractivity contribution in [2.75, 3.05) is 6.54 Å². The Morgan fingerprint density at radius 2 is 1.89 bits per heavy atom. The maximum atomic E-state index is 13.2. The molecule has 140 valence electrons. The molecule has 1 aliphatic rings. The molecule has 0 saturated carbocycles. The first kappa shape index (κ1) is 18.8. The molecule has 2 aromatic rings. The molecule has 0 fully saturated rings. The highest BCUT2D eigenvalue weighted by Crippen LogP contribution is 2.35. The van der Waals surface area contributed by atoms with Gasteiger partial charge >= 0.3 is 0 Å². The van der Waals surface area contributed by atoms with E-state index < -0.39 is 11.5 Å². The molecule has 27 heavy (non-hydrogen) atoms. The van der Waals surface area contributed by atoms with Gasteiger partial charge in [0, 0.05) is 29.9 Å². The van der Waals surface area contributed by atoms with Gasteiger partial charge in [-0.05, 0) is 37.0 Å². The number of amides is 1. The lowest BCUT2D eigenvalue weighted by molar-refractivity contribution is 0.0908. The summed E-state index contributed by atoms with van der Waals surface area (Å²) < 4.78 is 1.52. The van der Waals surface area contributed by atoms with Gasteiger partial charge in [0.25, 0.3) is 11.5 Å². The third-order valence-corrected chi connectivity index (χ3v) is 4.83. The van der Waals surface area contributed by atoms with Gasteiger partial charge in [0.05, 0.1) is 0 Å². The molecule has 5 heteroatoms. The van der Waals surface area contributed by atoms with Crippen LogP contribution in [0.5, 0.6) is 0 Å². The summed E-state index contributed by atoms with van der Waals surface area (Å²) in [7, 11) is 0. The maximum Gasteiger partial charge on any atom is 0.268 e. The quantitative estimate of drug-likeness (QED) is 0.847. The summed E-state index contributed by atoms with van der Waals surface area (Å²) in [5.74, 6) is -0.541. The van der Waals surface area contributed by atoms with E-state index in [-0.39, 0.29) is 23.3 Å². The molecule has 0 atom stereocenters. The molecule has 1 amide bonds. The number of aryl methyl sites for hydroxylation is 1. The second-order valence-corrected chi connectivity index (χ2v) is 7.83. The third kappa shape index (κ3) is 3.63. The standard InChI is InChI=1S/C22H24N2O3/c1-5-10-23-20(26)17-11-16-18(12-22(3,4)13-19(16)25)24(21(17)27)15-8-6-14(2)7-9-15/h5-9,11H,1,10,12-13H2,2-4H3,(H,23,26). The van der Waals surface area contributed by atoms with Gasteiger partial charge in [-0.1, -0.05) is 37.6 Å². The number of ketones is 1. The first-order valence-corrected chi connectivity index (χ1v) is 9.02. The highest BCUT2D eigenvalue weighted by Gasteiger charge is 2.34.